The Morgan fingerprint density at radius 3 is 2.81 bits per heavy atom. The van der Waals surface area contributed by atoms with Crippen molar-refractivity contribution >= 4 is 5.97 Å². The van der Waals surface area contributed by atoms with Gasteiger partial charge in [0.2, 0.25) is 0 Å². The first-order chi connectivity index (χ1) is 10.0. The fourth-order valence-corrected chi connectivity index (χ4v) is 2.23. The van der Waals surface area contributed by atoms with Gasteiger partial charge in [0.1, 0.15) is 18.8 Å². The van der Waals surface area contributed by atoms with Crippen LogP contribution in [0.2, 0.25) is 0 Å². The maximum atomic E-state index is 10.9. The average molecular weight is 301 g/mol. The Balaban J connectivity index is 2.77. The van der Waals surface area contributed by atoms with E-state index in [1.54, 1.807) is 6.92 Å². The zero-order valence-electron chi connectivity index (χ0n) is 12.6. The molecule has 1 saturated heterocycles. The third-order valence-corrected chi connectivity index (χ3v) is 3.37. The standard InChI is InChI=1S/C13H23N3O5/c1-4-5-6-19-13-11(15-16-14)8(2)21-10(12(13)18)7-20-9(3)17/h8,10-13,18H,4-7H2,1-3H3/t8-,10?,11+,12+,13?/m0/s1. The number of rotatable bonds is 7. The van der Waals surface area contributed by atoms with Crippen molar-refractivity contribution < 1.29 is 24.1 Å². The summed E-state index contributed by atoms with van der Waals surface area (Å²) in [4.78, 5) is 13.7. The van der Waals surface area contributed by atoms with Crippen LogP contribution in [0.3, 0.4) is 0 Å². The summed E-state index contributed by atoms with van der Waals surface area (Å²) in [6.07, 6.45) is -1.02. The van der Waals surface area contributed by atoms with E-state index in [1.807, 2.05) is 6.92 Å². The normalized spacial score (nSPS) is 32.3. The highest BCUT2D eigenvalue weighted by molar-refractivity contribution is 5.65. The largest absolute Gasteiger partial charge is 0.463 e. The van der Waals surface area contributed by atoms with Crippen molar-refractivity contribution in [2.45, 2.75) is 64.1 Å². The molecule has 2 unspecified atom stereocenters. The molecule has 0 aromatic carbocycles. The predicted molar refractivity (Wildman–Crippen MR) is 74.6 cm³/mol. The van der Waals surface area contributed by atoms with Gasteiger partial charge in [-0.05, 0) is 18.9 Å². The number of carbonyl (C=O) groups is 1. The lowest BCUT2D eigenvalue weighted by atomic mass is 9.94. The summed E-state index contributed by atoms with van der Waals surface area (Å²) in [5, 5.41) is 14.0. The smallest absolute Gasteiger partial charge is 0.302 e. The Morgan fingerprint density at radius 1 is 1.52 bits per heavy atom. The predicted octanol–water partition coefficient (Wildman–Crippen LogP) is 1.56. The molecule has 5 atom stereocenters. The number of azide groups is 1. The van der Waals surface area contributed by atoms with E-state index in [0.29, 0.717) is 6.61 Å². The number of aliphatic hydroxyl groups excluding tert-OH is 1. The van der Waals surface area contributed by atoms with Crippen molar-refractivity contribution in [3.8, 4) is 0 Å². The van der Waals surface area contributed by atoms with Crippen molar-refractivity contribution in [2.24, 2.45) is 5.11 Å². The molecule has 120 valence electrons. The molecule has 0 aromatic rings. The summed E-state index contributed by atoms with van der Waals surface area (Å²) in [6, 6.07) is -0.615. The van der Waals surface area contributed by atoms with E-state index in [1.165, 1.54) is 6.92 Å². The number of carbonyl (C=O) groups excluding carboxylic acids is 1. The molecule has 1 heterocycles. The van der Waals surface area contributed by atoms with Crippen LogP contribution in [0.4, 0.5) is 0 Å². The van der Waals surface area contributed by atoms with Crippen molar-refractivity contribution in [1.29, 1.82) is 0 Å². The van der Waals surface area contributed by atoms with Gasteiger partial charge >= 0.3 is 5.97 Å². The number of esters is 1. The Labute approximate surface area is 124 Å². The van der Waals surface area contributed by atoms with Crippen LogP contribution in [0.15, 0.2) is 5.11 Å². The van der Waals surface area contributed by atoms with E-state index < -0.39 is 36.4 Å². The zero-order valence-corrected chi connectivity index (χ0v) is 12.6. The summed E-state index contributed by atoms with van der Waals surface area (Å²) in [5.74, 6) is -0.445. The van der Waals surface area contributed by atoms with Crippen LogP contribution in [-0.2, 0) is 19.0 Å². The summed E-state index contributed by atoms with van der Waals surface area (Å²) in [6.45, 7) is 5.46. The first-order valence-electron chi connectivity index (χ1n) is 7.14. The average Bonchev–Trinajstić information content (AvgIpc) is 2.44. The second kappa shape index (κ2) is 8.84. The van der Waals surface area contributed by atoms with E-state index in [4.69, 9.17) is 19.7 Å². The van der Waals surface area contributed by atoms with E-state index in [0.717, 1.165) is 12.8 Å². The second-order valence-electron chi connectivity index (χ2n) is 5.06. The van der Waals surface area contributed by atoms with Crippen molar-refractivity contribution in [2.75, 3.05) is 13.2 Å². The molecule has 0 aromatic heterocycles. The van der Waals surface area contributed by atoms with Crippen LogP contribution in [0, 0.1) is 0 Å². The van der Waals surface area contributed by atoms with Gasteiger partial charge in [-0.2, -0.15) is 0 Å². The van der Waals surface area contributed by atoms with Gasteiger partial charge in [-0.1, -0.05) is 18.5 Å². The van der Waals surface area contributed by atoms with Crippen LogP contribution in [-0.4, -0.2) is 54.7 Å². The summed E-state index contributed by atoms with van der Waals surface area (Å²) < 4.78 is 16.1. The van der Waals surface area contributed by atoms with Crippen LogP contribution in [0.25, 0.3) is 10.4 Å². The molecule has 0 aliphatic carbocycles. The number of unbranched alkanes of at least 4 members (excludes halogenated alkanes) is 1. The minimum Gasteiger partial charge on any atom is -0.463 e. The van der Waals surface area contributed by atoms with E-state index in [9.17, 15) is 9.90 Å². The Morgan fingerprint density at radius 2 is 2.24 bits per heavy atom. The highest BCUT2D eigenvalue weighted by Crippen LogP contribution is 2.26. The van der Waals surface area contributed by atoms with Crippen molar-refractivity contribution in [1.82, 2.24) is 0 Å². The topological polar surface area (TPSA) is 114 Å². The van der Waals surface area contributed by atoms with Gasteiger partial charge in [-0.15, -0.1) is 0 Å². The molecular formula is C13H23N3O5. The van der Waals surface area contributed by atoms with Crippen LogP contribution in [0.5, 0.6) is 0 Å². The lowest BCUT2D eigenvalue weighted by Crippen LogP contribution is -2.58. The molecule has 8 heteroatoms. The summed E-state index contributed by atoms with van der Waals surface area (Å²) in [5.41, 5.74) is 8.65. The lowest BCUT2D eigenvalue weighted by Gasteiger charge is -2.41. The van der Waals surface area contributed by atoms with Gasteiger partial charge in [0.15, 0.2) is 0 Å². The molecule has 0 amide bonds. The molecule has 21 heavy (non-hydrogen) atoms. The van der Waals surface area contributed by atoms with Gasteiger partial charge in [-0.25, -0.2) is 0 Å². The number of hydrogen-bond donors (Lipinski definition) is 1. The highest BCUT2D eigenvalue weighted by atomic mass is 16.6. The quantitative estimate of drug-likeness (QED) is 0.252. The molecule has 0 radical (unpaired) electrons. The summed E-state index contributed by atoms with van der Waals surface area (Å²) >= 11 is 0. The lowest BCUT2D eigenvalue weighted by molar-refractivity contribution is -0.203. The molecule has 0 bridgehead atoms. The van der Waals surface area contributed by atoms with Crippen LogP contribution in [0.1, 0.15) is 33.6 Å². The Hall–Kier alpha value is -1.34. The molecule has 1 rings (SSSR count). The minimum absolute atomic E-state index is 0.0581. The monoisotopic (exact) mass is 301 g/mol. The maximum absolute atomic E-state index is 10.9. The Kier molecular flexibility index (Phi) is 7.45. The molecule has 1 aliphatic heterocycles. The second-order valence-corrected chi connectivity index (χ2v) is 5.06. The molecule has 1 N–H and O–H groups in total. The zero-order chi connectivity index (χ0) is 15.8. The highest BCUT2D eigenvalue weighted by Gasteiger charge is 2.44. The van der Waals surface area contributed by atoms with Crippen molar-refractivity contribution in [3.05, 3.63) is 10.4 Å². The summed E-state index contributed by atoms with van der Waals surface area (Å²) in [7, 11) is 0. The molecule has 0 spiro atoms. The van der Waals surface area contributed by atoms with Gasteiger partial charge < -0.3 is 19.3 Å². The van der Waals surface area contributed by atoms with Crippen LogP contribution >= 0.6 is 0 Å². The molecule has 0 saturated carbocycles. The third-order valence-electron chi connectivity index (χ3n) is 3.37. The van der Waals surface area contributed by atoms with E-state index >= 15 is 0 Å². The fraction of sp³-hybridized carbons (Fsp3) is 0.923. The Bertz CT molecular complexity index is 386. The van der Waals surface area contributed by atoms with Gasteiger partial charge in [0.05, 0.1) is 18.2 Å². The molecular weight excluding hydrogens is 278 g/mol. The van der Waals surface area contributed by atoms with Gasteiger partial charge in [-0.3, -0.25) is 4.79 Å². The van der Waals surface area contributed by atoms with Crippen LogP contribution < -0.4 is 0 Å². The number of nitrogens with zero attached hydrogens (tertiary/aromatic N) is 3. The van der Waals surface area contributed by atoms with Crippen molar-refractivity contribution in [3.63, 3.8) is 0 Å². The molecule has 1 aliphatic rings. The SMILES string of the molecule is CCCCOC1[C@H](O)C(COC(C)=O)O[C@@H](C)[C@H]1N=[N+]=[N-]. The molecule has 1 fully saturated rings. The number of aliphatic hydroxyl groups is 1. The molecule has 8 nitrogen and oxygen atoms in total. The van der Waals surface area contributed by atoms with E-state index in [-0.39, 0.29) is 6.61 Å². The number of hydrogen-bond acceptors (Lipinski definition) is 6. The van der Waals surface area contributed by atoms with E-state index in [2.05, 4.69) is 10.0 Å². The maximum Gasteiger partial charge on any atom is 0.302 e. The van der Waals surface area contributed by atoms with Gasteiger partial charge in [0, 0.05) is 18.4 Å². The number of ether oxygens (including phenoxy) is 3. The van der Waals surface area contributed by atoms with Gasteiger partial charge in [0.25, 0.3) is 0 Å². The fourth-order valence-electron chi connectivity index (χ4n) is 2.23. The third kappa shape index (κ3) is 5.17. The first-order valence-corrected chi connectivity index (χ1v) is 7.14. The minimum atomic E-state index is -1.02. The first kappa shape index (κ1) is 17.7.